The summed E-state index contributed by atoms with van der Waals surface area (Å²) in [5, 5.41) is 15.6. The number of H-pyrrole nitrogens is 1. The average molecular weight is 511 g/mol. The summed E-state index contributed by atoms with van der Waals surface area (Å²) in [7, 11) is 0. The Balaban J connectivity index is 1.37. The molecule has 0 aliphatic carbocycles. The Kier molecular flexibility index (Phi) is 5.14. The topological polar surface area (TPSA) is 123 Å². The Labute approximate surface area is 206 Å². The van der Waals surface area contributed by atoms with Crippen molar-refractivity contribution in [1.29, 1.82) is 0 Å². The van der Waals surface area contributed by atoms with E-state index in [9.17, 15) is 18.0 Å². The first-order chi connectivity index (χ1) is 17.7. The Bertz CT molecular complexity index is 1610. The second kappa shape index (κ2) is 8.28. The second-order valence-corrected chi connectivity index (χ2v) is 8.99. The van der Waals surface area contributed by atoms with Crippen LogP contribution in [0.3, 0.4) is 0 Å². The predicted octanol–water partition coefficient (Wildman–Crippen LogP) is 3.69. The van der Waals surface area contributed by atoms with Crippen LogP contribution in [0.1, 0.15) is 59.1 Å². The molecule has 1 aliphatic heterocycles. The maximum absolute atomic E-state index is 13.6. The highest BCUT2D eigenvalue weighted by atomic mass is 19.4. The number of hydrogen-bond donors (Lipinski definition) is 1. The Hall–Kier alpha value is -4.49. The predicted molar refractivity (Wildman–Crippen MR) is 121 cm³/mol. The number of fused-ring (bicyclic) bond motifs is 2. The second-order valence-electron chi connectivity index (χ2n) is 8.99. The molecule has 0 unspecified atom stereocenters. The van der Waals surface area contributed by atoms with Gasteiger partial charge in [-0.3, -0.25) is 4.79 Å². The number of nitrogens with one attached hydrogen (secondary N) is 1. The van der Waals surface area contributed by atoms with E-state index in [2.05, 4.69) is 39.1 Å². The van der Waals surface area contributed by atoms with Gasteiger partial charge in [0.1, 0.15) is 6.04 Å². The lowest BCUT2D eigenvalue weighted by Crippen LogP contribution is -2.41. The van der Waals surface area contributed by atoms with E-state index in [4.69, 9.17) is 9.52 Å². The molecule has 6 rings (SSSR count). The number of imidazole rings is 1. The molecule has 0 saturated heterocycles. The number of carbonyl (C=O) groups excluding carboxylic acids is 1. The molecule has 5 aromatic heterocycles. The third kappa shape index (κ3) is 3.84. The quantitative estimate of drug-likeness (QED) is 0.390. The molecule has 1 N–H and O–H groups in total. The van der Waals surface area contributed by atoms with Gasteiger partial charge in [-0.1, -0.05) is 19.9 Å². The molecule has 0 spiro atoms. The Morgan fingerprint density at radius 1 is 1.27 bits per heavy atom. The summed E-state index contributed by atoms with van der Waals surface area (Å²) in [4.78, 5) is 22.7. The molecule has 37 heavy (non-hydrogen) atoms. The fraction of sp³-hybridized carbons (Fsp3) is 0.304. The van der Waals surface area contributed by atoms with Crippen molar-refractivity contribution in [3.05, 3.63) is 71.7 Å². The van der Waals surface area contributed by atoms with Crippen molar-refractivity contribution < 1.29 is 22.4 Å². The number of hydrogen-bond acceptors (Lipinski definition) is 7. The van der Waals surface area contributed by atoms with Crippen LogP contribution in [0.15, 0.2) is 47.5 Å². The number of carbonyl (C=O) groups is 1. The van der Waals surface area contributed by atoms with Gasteiger partial charge in [0.15, 0.2) is 0 Å². The summed E-state index contributed by atoms with van der Waals surface area (Å²) in [6.07, 6.45) is 0.896. The summed E-state index contributed by atoms with van der Waals surface area (Å²) in [5.74, 6) is -0.925. The third-order valence-electron chi connectivity index (χ3n) is 6.34. The monoisotopic (exact) mass is 511 g/mol. The van der Waals surface area contributed by atoms with E-state index in [0.29, 0.717) is 30.6 Å². The van der Waals surface area contributed by atoms with E-state index in [1.54, 1.807) is 10.8 Å². The Morgan fingerprint density at radius 3 is 2.86 bits per heavy atom. The zero-order chi connectivity index (χ0) is 25.9. The number of aromatic amines is 1. The van der Waals surface area contributed by atoms with E-state index in [1.807, 2.05) is 24.4 Å². The van der Waals surface area contributed by atoms with Crippen molar-refractivity contribution >= 4 is 11.4 Å². The third-order valence-corrected chi connectivity index (χ3v) is 6.34. The number of amides is 1. The summed E-state index contributed by atoms with van der Waals surface area (Å²) in [6, 6.07) is 5.26. The van der Waals surface area contributed by atoms with Crippen molar-refractivity contribution in [1.82, 2.24) is 44.5 Å². The van der Waals surface area contributed by atoms with Gasteiger partial charge < -0.3 is 14.3 Å². The maximum atomic E-state index is 13.6. The van der Waals surface area contributed by atoms with Crippen LogP contribution in [0.4, 0.5) is 13.2 Å². The summed E-state index contributed by atoms with van der Waals surface area (Å²) < 4.78 is 45.8. The molecule has 0 aromatic carbocycles. The van der Waals surface area contributed by atoms with Gasteiger partial charge in [0, 0.05) is 31.1 Å². The van der Waals surface area contributed by atoms with Gasteiger partial charge in [0.25, 0.3) is 5.89 Å². The van der Waals surface area contributed by atoms with E-state index >= 15 is 0 Å². The van der Waals surface area contributed by atoms with Gasteiger partial charge in [-0.2, -0.15) is 14.9 Å². The number of nitrogens with zero attached hydrogens (tertiary/aromatic N) is 8. The van der Waals surface area contributed by atoms with E-state index in [0.717, 1.165) is 23.0 Å². The highest BCUT2D eigenvalue weighted by molar-refractivity contribution is 5.90. The molecule has 1 amide bonds. The van der Waals surface area contributed by atoms with Crippen LogP contribution >= 0.6 is 0 Å². The minimum atomic E-state index is -4.69. The van der Waals surface area contributed by atoms with Crippen LogP contribution in [-0.4, -0.2) is 56.9 Å². The zero-order valence-electron chi connectivity index (χ0n) is 19.6. The lowest BCUT2D eigenvalue weighted by atomic mass is 9.98. The number of pyridine rings is 1. The van der Waals surface area contributed by atoms with E-state index in [-0.39, 0.29) is 27.9 Å². The normalized spacial score (nSPS) is 16.1. The molecule has 190 valence electrons. The van der Waals surface area contributed by atoms with Crippen molar-refractivity contribution in [2.24, 2.45) is 0 Å². The lowest BCUT2D eigenvalue weighted by Gasteiger charge is -2.32. The average Bonchev–Trinajstić information content (AvgIpc) is 3.66. The molecular weight excluding hydrogens is 491 g/mol. The maximum Gasteiger partial charge on any atom is 0.504 e. The summed E-state index contributed by atoms with van der Waals surface area (Å²) in [5.41, 5.74) is 4.12. The summed E-state index contributed by atoms with van der Waals surface area (Å²) in [6.45, 7) is 4.50. The fourth-order valence-corrected chi connectivity index (χ4v) is 4.59. The lowest BCUT2D eigenvalue weighted by molar-refractivity contribution is -0.212. The van der Waals surface area contributed by atoms with Crippen LogP contribution in [0, 0.1) is 0 Å². The van der Waals surface area contributed by atoms with Crippen molar-refractivity contribution in [3.8, 4) is 11.5 Å². The molecule has 0 saturated carbocycles. The van der Waals surface area contributed by atoms with Gasteiger partial charge in [-0.25, -0.2) is 9.50 Å². The zero-order valence-corrected chi connectivity index (χ0v) is 19.6. The smallest absolute Gasteiger partial charge is 0.412 e. The minimum Gasteiger partial charge on any atom is -0.412 e. The molecule has 0 fully saturated rings. The van der Waals surface area contributed by atoms with Crippen LogP contribution in [0.5, 0.6) is 0 Å². The van der Waals surface area contributed by atoms with Crippen molar-refractivity contribution in [2.75, 3.05) is 6.54 Å². The first kappa shape index (κ1) is 22.9. The number of alkyl halides is 3. The number of aromatic nitrogens is 8. The first-order valence-corrected chi connectivity index (χ1v) is 11.5. The molecule has 11 nitrogen and oxygen atoms in total. The van der Waals surface area contributed by atoms with Gasteiger partial charge in [-0.15, -0.1) is 23.4 Å². The standard InChI is InChI=1S/C23H20F3N9O2/c1-12(2)14-4-3-6-34-17(14)8-16(32-34)19-18-15(27-11-28-18)5-7-33(19)22(36)21-31-30-20(37-21)13-9-29-35(10-13)23(24,25)26/h3-4,6,8-12,19H,5,7H2,1-2H3,(H,27,28)/t19-/m1/s1. The minimum absolute atomic E-state index is 0.0600. The van der Waals surface area contributed by atoms with Crippen LogP contribution in [0.25, 0.3) is 17.0 Å². The molecule has 5 aromatic rings. The molecule has 1 aliphatic rings. The highest BCUT2D eigenvalue weighted by Crippen LogP contribution is 2.35. The highest BCUT2D eigenvalue weighted by Gasteiger charge is 2.38. The van der Waals surface area contributed by atoms with Crippen LogP contribution in [-0.2, 0) is 12.7 Å². The molecule has 14 heteroatoms. The van der Waals surface area contributed by atoms with Crippen molar-refractivity contribution in [2.45, 2.75) is 38.5 Å². The SMILES string of the molecule is CC(C)c1cccn2nc([C@@H]3c4nc[nH]c4CCN3C(=O)c3nnc(-c4cnn(C(F)(F)F)c4)o3)cc12. The molecule has 1 atom stereocenters. The van der Waals surface area contributed by atoms with Gasteiger partial charge in [0.05, 0.1) is 35.0 Å². The molecule has 0 radical (unpaired) electrons. The van der Waals surface area contributed by atoms with E-state index < -0.39 is 18.2 Å². The van der Waals surface area contributed by atoms with Crippen LogP contribution in [0.2, 0.25) is 0 Å². The largest absolute Gasteiger partial charge is 0.504 e. The molecule has 0 bridgehead atoms. The van der Waals surface area contributed by atoms with Gasteiger partial charge in [-0.05, 0) is 23.6 Å². The van der Waals surface area contributed by atoms with Gasteiger partial charge >= 0.3 is 18.1 Å². The molecule has 6 heterocycles. The van der Waals surface area contributed by atoms with E-state index in [1.165, 1.54) is 4.90 Å². The first-order valence-electron chi connectivity index (χ1n) is 11.5. The number of halogens is 3. The fourth-order valence-electron chi connectivity index (χ4n) is 4.59. The van der Waals surface area contributed by atoms with Crippen LogP contribution < -0.4 is 0 Å². The van der Waals surface area contributed by atoms with Gasteiger partial charge in [0.2, 0.25) is 0 Å². The summed E-state index contributed by atoms with van der Waals surface area (Å²) >= 11 is 0. The van der Waals surface area contributed by atoms with Crippen molar-refractivity contribution in [3.63, 3.8) is 0 Å². The Morgan fingerprint density at radius 2 is 2.11 bits per heavy atom. The molecular formula is C23H20F3N9O2. The number of rotatable bonds is 4.